The van der Waals surface area contributed by atoms with Crippen molar-refractivity contribution >= 4 is 11.6 Å². The SMILES string of the molecule is CC(N)(c1nc(-c2ccc(F)c(Cl)c2)no1)C(F)(F)F. The summed E-state index contributed by atoms with van der Waals surface area (Å²) in [5.74, 6) is -1.62. The fourth-order valence-corrected chi connectivity index (χ4v) is 1.49. The molecule has 1 aromatic heterocycles. The van der Waals surface area contributed by atoms with Crippen LogP contribution in [0.4, 0.5) is 17.6 Å². The zero-order chi connectivity index (χ0) is 15.1. The molecule has 2 aromatic rings. The first kappa shape index (κ1) is 14.7. The average molecular weight is 310 g/mol. The monoisotopic (exact) mass is 309 g/mol. The van der Waals surface area contributed by atoms with Crippen LogP contribution in [0.2, 0.25) is 5.02 Å². The van der Waals surface area contributed by atoms with Gasteiger partial charge in [0.1, 0.15) is 5.82 Å². The summed E-state index contributed by atoms with van der Waals surface area (Å²) in [6, 6.07) is 3.48. The van der Waals surface area contributed by atoms with Crippen LogP contribution in [-0.4, -0.2) is 16.3 Å². The Morgan fingerprint density at radius 1 is 1.30 bits per heavy atom. The van der Waals surface area contributed by atoms with E-state index in [-0.39, 0.29) is 16.4 Å². The minimum absolute atomic E-state index is 0.164. The van der Waals surface area contributed by atoms with Gasteiger partial charge in [-0.05, 0) is 25.1 Å². The number of hydrogen-bond donors (Lipinski definition) is 1. The van der Waals surface area contributed by atoms with E-state index in [9.17, 15) is 17.6 Å². The van der Waals surface area contributed by atoms with Crippen molar-refractivity contribution in [2.45, 2.75) is 18.6 Å². The first-order chi connectivity index (χ1) is 9.13. The third-order valence-corrected chi connectivity index (χ3v) is 2.93. The normalized spacial score (nSPS) is 15.2. The molecule has 4 nitrogen and oxygen atoms in total. The van der Waals surface area contributed by atoms with Crippen LogP contribution >= 0.6 is 11.6 Å². The van der Waals surface area contributed by atoms with E-state index in [2.05, 4.69) is 14.7 Å². The summed E-state index contributed by atoms with van der Waals surface area (Å²) in [7, 11) is 0. The molecule has 9 heteroatoms. The van der Waals surface area contributed by atoms with Crippen LogP contribution in [0.5, 0.6) is 0 Å². The van der Waals surface area contributed by atoms with Gasteiger partial charge in [0.15, 0.2) is 5.54 Å². The molecule has 2 N–H and O–H groups in total. The first-order valence-electron chi connectivity index (χ1n) is 5.28. The second-order valence-electron chi connectivity index (χ2n) is 4.25. The maximum atomic E-state index is 13.0. The van der Waals surface area contributed by atoms with E-state index < -0.39 is 23.4 Å². The smallest absolute Gasteiger partial charge is 0.337 e. The van der Waals surface area contributed by atoms with Crippen molar-refractivity contribution in [2.75, 3.05) is 0 Å². The van der Waals surface area contributed by atoms with Crippen molar-refractivity contribution in [2.24, 2.45) is 5.73 Å². The van der Waals surface area contributed by atoms with Gasteiger partial charge in [0.25, 0.3) is 5.89 Å². The molecule has 0 aliphatic carbocycles. The molecule has 1 unspecified atom stereocenters. The summed E-state index contributed by atoms with van der Waals surface area (Å²) < 4.78 is 55.7. The summed E-state index contributed by atoms with van der Waals surface area (Å²) >= 11 is 5.57. The molecule has 1 atom stereocenters. The van der Waals surface area contributed by atoms with Gasteiger partial charge in [-0.25, -0.2) is 4.39 Å². The topological polar surface area (TPSA) is 64.9 Å². The van der Waals surface area contributed by atoms with Gasteiger partial charge in [0.2, 0.25) is 5.82 Å². The lowest BCUT2D eigenvalue weighted by molar-refractivity contribution is -0.190. The molecular formula is C11H8ClF4N3O. The standard InChI is InChI=1S/C11H8ClF4N3O/c1-10(17,11(14,15)16)9-18-8(19-20-9)5-2-3-7(13)6(12)4-5/h2-4H,17H2,1H3. The van der Waals surface area contributed by atoms with Crippen LogP contribution in [-0.2, 0) is 5.54 Å². The lowest BCUT2D eigenvalue weighted by Gasteiger charge is -2.22. The molecule has 108 valence electrons. The molecule has 0 aliphatic rings. The Kier molecular flexibility index (Phi) is 3.47. The molecule has 0 radical (unpaired) electrons. The highest BCUT2D eigenvalue weighted by atomic mass is 35.5. The highest BCUT2D eigenvalue weighted by molar-refractivity contribution is 6.31. The van der Waals surface area contributed by atoms with Crippen molar-refractivity contribution in [1.82, 2.24) is 10.1 Å². The second kappa shape index (κ2) is 4.71. The lowest BCUT2D eigenvalue weighted by Crippen LogP contribution is -2.47. The molecule has 0 aliphatic heterocycles. The Labute approximate surface area is 115 Å². The van der Waals surface area contributed by atoms with Gasteiger partial charge in [0, 0.05) is 5.56 Å². The zero-order valence-corrected chi connectivity index (χ0v) is 10.8. The van der Waals surface area contributed by atoms with E-state index in [4.69, 9.17) is 17.3 Å². The summed E-state index contributed by atoms with van der Waals surface area (Å²) in [4.78, 5) is 3.59. The number of rotatable bonds is 2. The summed E-state index contributed by atoms with van der Waals surface area (Å²) in [5, 5.41) is 3.18. The molecular weight excluding hydrogens is 302 g/mol. The molecule has 0 saturated carbocycles. The Morgan fingerprint density at radius 2 is 1.95 bits per heavy atom. The third kappa shape index (κ3) is 2.48. The molecule has 0 amide bonds. The van der Waals surface area contributed by atoms with Gasteiger partial charge in [-0.3, -0.25) is 0 Å². The van der Waals surface area contributed by atoms with E-state index in [0.717, 1.165) is 6.07 Å². The second-order valence-corrected chi connectivity index (χ2v) is 4.66. The van der Waals surface area contributed by atoms with Gasteiger partial charge in [-0.2, -0.15) is 18.2 Å². The first-order valence-corrected chi connectivity index (χ1v) is 5.66. The predicted octanol–water partition coefficient (Wildman–Crippen LogP) is 3.27. The van der Waals surface area contributed by atoms with Gasteiger partial charge < -0.3 is 10.3 Å². The molecule has 1 heterocycles. The minimum Gasteiger partial charge on any atom is -0.337 e. The third-order valence-electron chi connectivity index (χ3n) is 2.64. The Balaban J connectivity index is 2.41. The molecule has 0 bridgehead atoms. The number of nitrogens with two attached hydrogens (primary N) is 1. The molecule has 0 spiro atoms. The van der Waals surface area contributed by atoms with Crippen LogP contribution in [0, 0.1) is 5.82 Å². The van der Waals surface area contributed by atoms with Crippen molar-refractivity contribution in [3.8, 4) is 11.4 Å². The van der Waals surface area contributed by atoms with Gasteiger partial charge in [-0.15, -0.1) is 0 Å². The van der Waals surface area contributed by atoms with Crippen LogP contribution < -0.4 is 5.73 Å². The highest BCUT2D eigenvalue weighted by Gasteiger charge is 2.53. The Morgan fingerprint density at radius 3 is 2.50 bits per heavy atom. The van der Waals surface area contributed by atoms with Gasteiger partial charge in [0.05, 0.1) is 5.02 Å². The maximum absolute atomic E-state index is 13.0. The summed E-state index contributed by atoms with van der Waals surface area (Å²) in [6.07, 6.45) is -4.75. The van der Waals surface area contributed by atoms with Crippen LogP contribution in [0.15, 0.2) is 22.7 Å². The van der Waals surface area contributed by atoms with Gasteiger partial charge >= 0.3 is 6.18 Å². The molecule has 20 heavy (non-hydrogen) atoms. The highest BCUT2D eigenvalue weighted by Crippen LogP contribution is 2.36. The van der Waals surface area contributed by atoms with Crippen molar-refractivity contribution in [3.63, 3.8) is 0 Å². The zero-order valence-electron chi connectivity index (χ0n) is 10.0. The molecule has 2 rings (SSSR count). The van der Waals surface area contributed by atoms with E-state index in [1.165, 1.54) is 12.1 Å². The predicted molar refractivity (Wildman–Crippen MR) is 62.3 cm³/mol. The number of halogens is 5. The number of aromatic nitrogens is 2. The number of nitrogens with zero attached hydrogens (tertiary/aromatic N) is 2. The number of benzene rings is 1. The van der Waals surface area contributed by atoms with Gasteiger partial charge in [-0.1, -0.05) is 16.8 Å². The average Bonchev–Trinajstić information content (AvgIpc) is 2.81. The fraction of sp³-hybridized carbons (Fsp3) is 0.273. The van der Waals surface area contributed by atoms with Crippen molar-refractivity contribution in [3.05, 3.63) is 34.9 Å². The number of alkyl halides is 3. The van der Waals surface area contributed by atoms with E-state index in [0.29, 0.717) is 6.92 Å². The Hall–Kier alpha value is -1.67. The van der Waals surface area contributed by atoms with Crippen LogP contribution in [0.25, 0.3) is 11.4 Å². The van der Waals surface area contributed by atoms with E-state index >= 15 is 0 Å². The fourth-order valence-electron chi connectivity index (χ4n) is 1.31. The summed E-state index contributed by atoms with van der Waals surface area (Å²) in [6.45, 7) is 0.710. The van der Waals surface area contributed by atoms with E-state index in [1.807, 2.05) is 0 Å². The quantitative estimate of drug-likeness (QED) is 0.865. The molecule has 0 fully saturated rings. The van der Waals surface area contributed by atoms with Crippen LogP contribution in [0.3, 0.4) is 0 Å². The lowest BCUT2D eigenvalue weighted by atomic mass is 10.0. The largest absolute Gasteiger partial charge is 0.415 e. The maximum Gasteiger partial charge on any atom is 0.415 e. The summed E-state index contributed by atoms with van der Waals surface area (Å²) in [5.41, 5.74) is 2.59. The molecule has 0 saturated heterocycles. The van der Waals surface area contributed by atoms with Crippen molar-refractivity contribution in [1.29, 1.82) is 0 Å². The number of hydrogen-bond acceptors (Lipinski definition) is 4. The Bertz CT molecular complexity index is 639. The minimum atomic E-state index is -4.75. The molecule has 1 aromatic carbocycles. The van der Waals surface area contributed by atoms with Crippen LogP contribution in [0.1, 0.15) is 12.8 Å². The van der Waals surface area contributed by atoms with E-state index in [1.54, 1.807) is 0 Å². The van der Waals surface area contributed by atoms with Crippen molar-refractivity contribution < 1.29 is 22.1 Å².